The van der Waals surface area contributed by atoms with Gasteiger partial charge < -0.3 is 15.0 Å². The van der Waals surface area contributed by atoms with Crippen molar-refractivity contribution in [1.29, 1.82) is 0 Å². The average Bonchev–Trinajstić information content (AvgIpc) is 3.21. The lowest BCUT2D eigenvalue weighted by molar-refractivity contribution is -0.128. The Morgan fingerprint density at radius 3 is 2.60 bits per heavy atom. The molecule has 0 saturated carbocycles. The van der Waals surface area contributed by atoms with E-state index in [0.717, 1.165) is 18.7 Å². The first-order chi connectivity index (χ1) is 12.0. The highest BCUT2D eigenvalue weighted by molar-refractivity contribution is 5.95. The SMILES string of the molecule is C[C@@H](CNC(=O)c1ccc(N2CCOC2=O)cc1)CN1CCCC1=O. The lowest BCUT2D eigenvalue weighted by Gasteiger charge is -2.21. The van der Waals surface area contributed by atoms with Gasteiger partial charge in [-0.15, -0.1) is 0 Å². The number of rotatable bonds is 6. The van der Waals surface area contributed by atoms with Crippen LogP contribution in [-0.4, -0.2) is 55.6 Å². The molecule has 134 valence electrons. The summed E-state index contributed by atoms with van der Waals surface area (Å²) in [6, 6.07) is 6.89. The van der Waals surface area contributed by atoms with Crippen LogP contribution in [0.1, 0.15) is 30.1 Å². The van der Waals surface area contributed by atoms with Gasteiger partial charge in [0.1, 0.15) is 6.61 Å². The molecule has 0 aliphatic carbocycles. The first-order valence-corrected chi connectivity index (χ1v) is 8.65. The highest BCUT2D eigenvalue weighted by atomic mass is 16.6. The van der Waals surface area contributed by atoms with Gasteiger partial charge in [-0.05, 0) is 36.6 Å². The van der Waals surface area contributed by atoms with E-state index >= 15 is 0 Å². The highest BCUT2D eigenvalue weighted by Crippen LogP contribution is 2.19. The molecular weight excluding hydrogens is 322 g/mol. The molecule has 2 aliphatic rings. The van der Waals surface area contributed by atoms with Crippen molar-refractivity contribution in [2.45, 2.75) is 19.8 Å². The molecule has 0 radical (unpaired) electrons. The maximum absolute atomic E-state index is 12.3. The maximum Gasteiger partial charge on any atom is 0.414 e. The van der Waals surface area contributed by atoms with Gasteiger partial charge in [0.15, 0.2) is 0 Å². The molecule has 7 nitrogen and oxygen atoms in total. The zero-order valence-corrected chi connectivity index (χ0v) is 14.4. The van der Waals surface area contributed by atoms with E-state index in [1.165, 1.54) is 4.90 Å². The summed E-state index contributed by atoms with van der Waals surface area (Å²) in [5.41, 5.74) is 1.26. The molecule has 7 heteroatoms. The minimum Gasteiger partial charge on any atom is -0.447 e. The van der Waals surface area contributed by atoms with E-state index in [1.54, 1.807) is 24.3 Å². The fourth-order valence-electron chi connectivity index (χ4n) is 3.13. The molecule has 1 atom stereocenters. The van der Waals surface area contributed by atoms with E-state index in [2.05, 4.69) is 5.32 Å². The lowest BCUT2D eigenvalue weighted by atomic mass is 10.1. The third kappa shape index (κ3) is 4.10. The van der Waals surface area contributed by atoms with Crippen molar-refractivity contribution < 1.29 is 19.1 Å². The van der Waals surface area contributed by atoms with Crippen LogP contribution in [0.15, 0.2) is 24.3 Å². The van der Waals surface area contributed by atoms with E-state index in [0.29, 0.717) is 38.2 Å². The summed E-state index contributed by atoms with van der Waals surface area (Å²) >= 11 is 0. The topological polar surface area (TPSA) is 79.0 Å². The Hall–Kier alpha value is -2.57. The van der Waals surface area contributed by atoms with Crippen LogP contribution in [0, 0.1) is 5.92 Å². The number of likely N-dealkylation sites (tertiary alicyclic amines) is 1. The predicted molar refractivity (Wildman–Crippen MR) is 92.4 cm³/mol. The number of benzene rings is 1. The summed E-state index contributed by atoms with van der Waals surface area (Å²) < 4.78 is 4.90. The molecule has 0 bridgehead atoms. The van der Waals surface area contributed by atoms with Crippen molar-refractivity contribution in [3.8, 4) is 0 Å². The Balaban J connectivity index is 1.49. The second kappa shape index (κ2) is 7.55. The van der Waals surface area contributed by atoms with Crippen LogP contribution in [0.4, 0.5) is 10.5 Å². The van der Waals surface area contributed by atoms with Gasteiger partial charge in [0, 0.05) is 37.3 Å². The van der Waals surface area contributed by atoms with Crippen LogP contribution >= 0.6 is 0 Å². The van der Waals surface area contributed by atoms with Crippen molar-refractivity contribution in [2.75, 3.05) is 37.7 Å². The second-order valence-corrected chi connectivity index (χ2v) is 6.57. The van der Waals surface area contributed by atoms with Gasteiger partial charge in [0.25, 0.3) is 5.91 Å². The van der Waals surface area contributed by atoms with E-state index < -0.39 is 0 Å². The number of nitrogens with one attached hydrogen (secondary N) is 1. The summed E-state index contributed by atoms with van der Waals surface area (Å²) in [6.07, 6.45) is 1.20. The molecule has 2 fully saturated rings. The van der Waals surface area contributed by atoms with Crippen molar-refractivity contribution in [2.24, 2.45) is 5.92 Å². The van der Waals surface area contributed by atoms with Crippen LogP contribution in [0.3, 0.4) is 0 Å². The molecule has 2 aliphatic heterocycles. The van der Waals surface area contributed by atoms with Gasteiger partial charge in [-0.1, -0.05) is 6.92 Å². The van der Waals surface area contributed by atoms with Gasteiger partial charge in [0.2, 0.25) is 5.91 Å². The minimum absolute atomic E-state index is 0.157. The molecule has 3 rings (SSSR count). The number of cyclic esters (lactones) is 1. The number of carbonyl (C=O) groups excluding carboxylic acids is 3. The minimum atomic E-state index is -0.359. The normalized spacial score (nSPS) is 18.4. The number of carbonyl (C=O) groups is 3. The molecule has 0 unspecified atom stereocenters. The fraction of sp³-hybridized carbons (Fsp3) is 0.500. The van der Waals surface area contributed by atoms with Crippen molar-refractivity contribution >= 4 is 23.6 Å². The van der Waals surface area contributed by atoms with Crippen LogP contribution in [0.25, 0.3) is 0 Å². The number of ether oxygens (including phenoxy) is 1. The van der Waals surface area contributed by atoms with Crippen LogP contribution in [0.5, 0.6) is 0 Å². The van der Waals surface area contributed by atoms with Gasteiger partial charge in [-0.3, -0.25) is 14.5 Å². The van der Waals surface area contributed by atoms with Gasteiger partial charge in [-0.2, -0.15) is 0 Å². The third-order valence-electron chi connectivity index (χ3n) is 4.52. The molecule has 2 saturated heterocycles. The molecule has 1 aromatic carbocycles. The number of amides is 3. The van der Waals surface area contributed by atoms with Crippen LogP contribution in [-0.2, 0) is 9.53 Å². The molecule has 1 N–H and O–H groups in total. The maximum atomic E-state index is 12.3. The fourth-order valence-corrected chi connectivity index (χ4v) is 3.13. The Labute approximate surface area is 146 Å². The highest BCUT2D eigenvalue weighted by Gasteiger charge is 2.24. The Morgan fingerprint density at radius 2 is 2.00 bits per heavy atom. The molecular formula is C18H23N3O4. The summed E-state index contributed by atoms with van der Waals surface area (Å²) in [5, 5.41) is 2.90. The Morgan fingerprint density at radius 1 is 1.24 bits per heavy atom. The molecule has 25 heavy (non-hydrogen) atoms. The van der Waals surface area contributed by atoms with Crippen molar-refractivity contribution in [1.82, 2.24) is 10.2 Å². The number of anilines is 1. The predicted octanol–water partition coefficient (Wildman–Crippen LogP) is 1.63. The first kappa shape index (κ1) is 17.3. The number of nitrogens with zero attached hydrogens (tertiary/aromatic N) is 2. The average molecular weight is 345 g/mol. The first-order valence-electron chi connectivity index (χ1n) is 8.65. The Kier molecular flexibility index (Phi) is 5.21. The van der Waals surface area contributed by atoms with Crippen LogP contribution in [0.2, 0.25) is 0 Å². The van der Waals surface area contributed by atoms with E-state index in [-0.39, 0.29) is 23.8 Å². The second-order valence-electron chi connectivity index (χ2n) is 6.57. The Bertz CT molecular complexity index is 659. The summed E-state index contributed by atoms with van der Waals surface area (Å²) in [4.78, 5) is 38.8. The molecule has 3 amide bonds. The van der Waals surface area contributed by atoms with Crippen molar-refractivity contribution in [3.63, 3.8) is 0 Å². The third-order valence-corrected chi connectivity index (χ3v) is 4.52. The van der Waals surface area contributed by atoms with E-state index in [4.69, 9.17) is 4.74 Å². The number of hydrogen-bond acceptors (Lipinski definition) is 4. The van der Waals surface area contributed by atoms with Gasteiger partial charge in [-0.25, -0.2) is 4.79 Å². The zero-order valence-electron chi connectivity index (χ0n) is 14.4. The lowest BCUT2D eigenvalue weighted by Crippen LogP contribution is -2.36. The van der Waals surface area contributed by atoms with E-state index in [1.807, 2.05) is 11.8 Å². The quantitative estimate of drug-likeness (QED) is 0.850. The monoisotopic (exact) mass is 345 g/mol. The molecule has 0 aromatic heterocycles. The zero-order chi connectivity index (χ0) is 17.8. The molecule has 1 aromatic rings. The number of hydrogen-bond donors (Lipinski definition) is 1. The summed E-state index contributed by atoms with van der Waals surface area (Å²) in [6.45, 7) is 4.94. The standard InChI is InChI=1S/C18H23N3O4/c1-13(12-20-8-2-3-16(20)22)11-19-17(23)14-4-6-15(7-5-14)21-9-10-25-18(21)24/h4-7,13H,2-3,8-12H2,1H3,(H,19,23)/t13-/m0/s1. The van der Waals surface area contributed by atoms with Crippen molar-refractivity contribution in [3.05, 3.63) is 29.8 Å². The molecule has 0 spiro atoms. The summed E-state index contributed by atoms with van der Waals surface area (Å²) in [7, 11) is 0. The van der Waals surface area contributed by atoms with E-state index in [9.17, 15) is 14.4 Å². The van der Waals surface area contributed by atoms with Gasteiger partial charge in [0.05, 0.1) is 6.54 Å². The van der Waals surface area contributed by atoms with Crippen LogP contribution < -0.4 is 10.2 Å². The van der Waals surface area contributed by atoms with Gasteiger partial charge >= 0.3 is 6.09 Å². The summed E-state index contributed by atoms with van der Waals surface area (Å²) in [5.74, 6) is 0.244. The molecule has 2 heterocycles. The smallest absolute Gasteiger partial charge is 0.414 e. The largest absolute Gasteiger partial charge is 0.447 e.